The third kappa shape index (κ3) is 3.36. The van der Waals surface area contributed by atoms with Crippen molar-refractivity contribution in [2.24, 2.45) is 0 Å². The maximum atomic E-state index is 12.5. The highest BCUT2D eigenvalue weighted by molar-refractivity contribution is 7.12. The molecular formula is C14H13F3N2OS. The lowest BCUT2D eigenvalue weighted by Gasteiger charge is -2.12. The van der Waals surface area contributed by atoms with Crippen LogP contribution in [-0.2, 0) is 12.6 Å². The number of rotatable bonds is 3. The summed E-state index contributed by atoms with van der Waals surface area (Å²) in [5.41, 5.74) is 5.68. The third-order valence-corrected chi connectivity index (χ3v) is 3.92. The number of aryl methyl sites for hydroxylation is 1. The lowest BCUT2D eigenvalue weighted by atomic mass is 10.1. The summed E-state index contributed by atoms with van der Waals surface area (Å²) in [6.07, 6.45) is -3.76. The number of hydrogen-bond acceptors (Lipinski definition) is 3. The molecule has 2 aromatic rings. The Bertz CT molecular complexity index is 664. The monoisotopic (exact) mass is 314 g/mol. The molecule has 2 rings (SSSR count). The van der Waals surface area contributed by atoms with E-state index in [1.807, 2.05) is 13.0 Å². The smallest absolute Gasteiger partial charge is 0.397 e. The molecule has 0 unspecified atom stereocenters. The second-order valence-corrected chi connectivity index (χ2v) is 5.30. The number of nitrogen functional groups attached to an aromatic ring is 1. The molecule has 3 nitrogen and oxygen atoms in total. The molecule has 0 saturated carbocycles. The fourth-order valence-corrected chi connectivity index (χ4v) is 2.74. The highest BCUT2D eigenvalue weighted by Gasteiger charge is 2.30. The highest BCUT2D eigenvalue weighted by Crippen LogP contribution is 2.33. The van der Waals surface area contributed by atoms with Crippen molar-refractivity contribution in [3.05, 3.63) is 45.6 Å². The van der Waals surface area contributed by atoms with Crippen LogP contribution >= 0.6 is 11.3 Å². The van der Waals surface area contributed by atoms with Crippen molar-refractivity contribution < 1.29 is 18.0 Å². The first-order valence-electron chi connectivity index (χ1n) is 6.17. The van der Waals surface area contributed by atoms with Crippen LogP contribution in [-0.4, -0.2) is 5.91 Å². The van der Waals surface area contributed by atoms with Crippen LogP contribution in [0.25, 0.3) is 0 Å². The summed E-state index contributed by atoms with van der Waals surface area (Å²) < 4.78 is 37.6. The van der Waals surface area contributed by atoms with Gasteiger partial charge in [0.15, 0.2) is 0 Å². The Morgan fingerprint density at radius 2 is 2.05 bits per heavy atom. The van der Waals surface area contributed by atoms with Crippen molar-refractivity contribution in [3.63, 3.8) is 0 Å². The van der Waals surface area contributed by atoms with Gasteiger partial charge in [-0.1, -0.05) is 6.92 Å². The molecule has 21 heavy (non-hydrogen) atoms. The topological polar surface area (TPSA) is 55.1 Å². The molecule has 3 N–H and O–H groups in total. The van der Waals surface area contributed by atoms with Gasteiger partial charge in [-0.25, -0.2) is 0 Å². The number of thiophene rings is 1. The van der Waals surface area contributed by atoms with Gasteiger partial charge in [0.2, 0.25) is 0 Å². The molecular weight excluding hydrogens is 301 g/mol. The standard InChI is InChI=1S/C14H13F3N2OS/c1-2-8-5-6-21-12(8)13(20)19-11-4-3-9(7-10(11)18)14(15,16)17/h3-7H,2,18H2,1H3,(H,19,20). The van der Waals surface area contributed by atoms with Crippen LogP contribution < -0.4 is 11.1 Å². The number of carbonyl (C=O) groups excluding carboxylic acids is 1. The number of halogens is 3. The first kappa shape index (κ1) is 15.4. The first-order chi connectivity index (χ1) is 9.82. The summed E-state index contributed by atoms with van der Waals surface area (Å²) in [7, 11) is 0. The number of nitrogens with two attached hydrogens (primary N) is 1. The predicted octanol–water partition coefficient (Wildman–Crippen LogP) is 4.16. The van der Waals surface area contributed by atoms with E-state index in [1.165, 1.54) is 11.3 Å². The Hall–Kier alpha value is -2.02. The average molecular weight is 314 g/mol. The van der Waals surface area contributed by atoms with Crippen LogP contribution in [0.4, 0.5) is 24.5 Å². The number of hydrogen-bond donors (Lipinski definition) is 2. The summed E-state index contributed by atoms with van der Waals surface area (Å²) >= 11 is 1.28. The molecule has 0 aliphatic heterocycles. The molecule has 7 heteroatoms. The lowest BCUT2D eigenvalue weighted by Crippen LogP contribution is -2.14. The van der Waals surface area contributed by atoms with Crippen LogP contribution in [0.15, 0.2) is 29.6 Å². The summed E-state index contributed by atoms with van der Waals surface area (Å²) in [5, 5.41) is 4.34. The average Bonchev–Trinajstić information content (AvgIpc) is 2.88. The molecule has 0 atom stereocenters. The Kier molecular flexibility index (Phi) is 4.22. The zero-order valence-electron chi connectivity index (χ0n) is 11.1. The fourth-order valence-electron chi connectivity index (χ4n) is 1.85. The van der Waals surface area contributed by atoms with Crippen molar-refractivity contribution in [1.29, 1.82) is 0 Å². The molecule has 0 aliphatic rings. The van der Waals surface area contributed by atoms with Gasteiger partial charge in [0.05, 0.1) is 21.8 Å². The molecule has 1 aromatic heterocycles. The SMILES string of the molecule is CCc1ccsc1C(=O)Nc1ccc(C(F)(F)F)cc1N. The Labute approximate surface area is 123 Å². The third-order valence-electron chi connectivity index (χ3n) is 2.96. The van der Waals surface area contributed by atoms with Crippen LogP contribution in [0.5, 0.6) is 0 Å². The molecule has 0 aliphatic carbocycles. The highest BCUT2D eigenvalue weighted by atomic mass is 32.1. The van der Waals surface area contributed by atoms with E-state index in [-0.39, 0.29) is 17.3 Å². The van der Waals surface area contributed by atoms with Crippen molar-refractivity contribution in [2.45, 2.75) is 19.5 Å². The van der Waals surface area contributed by atoms with E-state index in [1.54, 1.807) is 5.38 Å². The zero-order valence-corrected chi connectivity index (χ0v) is 11.9. The minimum Gasteiger partial charge on any atom is -0.397 e. The summed E-state index contributed by atoms with van der Waals surface area (Å²) in [6.45, 7) is 1.92. The van der Waals surface area contributed by atoms with Gasteiger partial charge in [-0.3, -0.25) is 4.79 Å². The number of alkyl halides is 3. The molecule has 0 radical (unpaired) electrons. The Morgan fingerprint density at radius 1 is 1.33 bits per heavy atom. The molecule has 0 fully saturated rings. The number of benzene rings is 1. The largest absolute Gasteiger partial charge is 0.416 e. The van der Waals surface area contributed by atoms with Crippen molar-refractivity contribution in [1.82, 2.24) is 0 Å². The number of nitrogens with one attached hydrogen (secondary N) is 1. The summed E-state index contributed by atoms with van der Waals surface area (Å²) in [6, 6.07) is 4.71. The molecule has 0 spiro atoms. The van der Waals surface area contributed by atoms with Crippen molar-refractivity contribution >= 4 is 28.6 Å². The fraction of sp³-hybridized carbons (Fsp3) is 0.214. The second-order valence-electron chi connectivity index (χ2n) is 4.38. The maximum absolute atomic E-state index is 12.5. The maximum Gasteiger partial charge on any atom is 0.416 e. The van der Waals surface area contributed by atoms with Gasteiger partial charge in [-0.15, -0.1) is 11.3 Å². The summed E-state index contributed by atoms with van der Waals surface area (Å²) in [4.78, 5) is 12.6. The van der Waals surface area contributed by atoms with Gasteiger partial charge < -0.3 is 11.1 Å². The van der Waals surface area contributed by atoms with Crippen LogP contribution in [0, 0.1) is 0 Å². The predicted molar refractivity (Wildman–Crippen MR) is 77.5 cm³/mol. The van der Waals surface area contributed by atoms with Crippen molar-refractivity contribution in [3.8, 4) is 0 Å². The van der Waals surface area contributed by atoms with Crippen LogP contribution in [0.1, 0.15) is 27.7 Å². The number of amides is 1. The molecule has 1 amide bonds. The Balaban J connectivity index is 2.22. The van der Waals surface area contributed by atoms with E-state index in [2.05, 4.69) is 5.32 Å². The van der Waals surface area contributed by atoms with Gasteiger partial charge in [0.1, 0.15) is 0 Å². The van der Waals surface area contributed by atoms with E-state index in [9.17, 15) is 18.0 Å². The van der Waals surface area contributed by atoms with Gasteiger partial charge in [0, 0.05) is 0 Å². The van der Waals surface area contributed by atoms with E-state index in [0.717, 1.165) is 23.8 Å². The van der Waals surface area contributed by atoms with Gasteiger partial charge >= 0.3 is 6.18 Å². The molecule has 1 heterocycles. The molecule has 112 valence electrons. The van der Waals surface area contributed by atoms with Gasteiger partial charge in [-0.2, -0.15) is 13.2 Å². The molecule has 0 bridgehead atoms. The van der Waals surface area contributed by atoms with E-state index in [0.29, 0.717) is 11.3 Å². The second kappa shape index (κ2) is 5.77. The van der Waals surface area contributed by atoms with Crippen LogP contribution in [0.3, 0.4) is 0 Å². The van der Waals surface area contributed by atoms with Crippen molar-refractivity contribution in [2.75, 3.05) is 11.1 Å². The quantitative estimate of drug-likeness (QED) is 0.836. The molecule has 1 aromatic carbocycles. The van der Waals surface area contributed by atoms with Gasteiger partial charge in [-0.05, 0) is 41.6 Å². The Morgan fingerprint density at radius 3 is 2.62 bits per heavy atom. The minimum atomic E-state index is -4.46. The minimum absolute atomic E-state index is 0.118. The van der Waals surface area contributed by atoms with Gasteiger partial charge in [0.25, 0.3) is 5.91 Å². The van der Waals surface area contributed by atoms with E-state index < -0.39 is 11.7 Å². The van der Waals surface area contributed by atoms with E-state index in [4.69, 9.17) is 5.73 Å². The number of anilines is 2. The molecule has 0 saturated heterocycles. The first-order valence-corrected chi connectivity index (χ1v) is 7.05. The van der Waals surface area contributed by atoms with E-state index >= 15 is 0 Å². The van der Waals surface area contributed by atoms with Crippen LogP contribution in [0.2, 0.25) is 0 Å². The number of carbonyl (C=O) groups is 1. The lowest BCUT2D eigenvalue weighted by molar-refractivity contribution is -0.137. The normalized spacial score (nSPS) is 11.4. The summed E-state index contributed by atoms with van der Waals surface area (Å²) in [5.74, 6) is -0.367. The zero-order chi connectivity index (χ0) is 15.6.